The van der Waals surface area contributed by atoms with Crippen LogP contribution >= 0.6 is 11.6 Å². The van der Waals surface area contributed by atoms with Crippen LogP contribution in [-0.2, 0) is 4.79 Å². The zero-order chi connectivity index (χ0) is 12.3. The van der Waals surface area contributed by atoms with Gasteiger partial charge in [-0.1, -0.05) is 31.5 Å². The molecule has 0 bridgehead atoms. The smallest absolute Gasteiger partial charge is 0.326 e. The van der Waals surface area contributed by atoms with Crippen molar-refractivity contribution in [1.29, 1.82) is 0 Å². The van der Waals surface area contributed by atoms with E-state index < -0.39 is 12.0 Å². The summed E-state index contributed by atoms with van der Waals surface area (Å²) in [6.45, 7) is 5.65. The third-order valence-electron chi connectivity index (χ3n) is 2.37. The molecule has 0 spiro atoms. The number of aliphatic carboxylic acids is 1. The molecule has 1 aromatic rings. The molecule has 1 aromatic carbocycles. The van der Waals surface area contributed by atoms with E-state index in [0.717, 1.165) is 5.56 Å². The van der Waals surface area contributed by atoms with Gasteiger partial charge in [-0.15, -0.1) is 0 Å². The van der Waals surface area contributed by atoms with Crippen LogP contribution in [0.1, 0.15) is 19.4 Å². The van der Waals surface area contributed by atoms with E-state index in [2.05, 4.69) is 5.32 Å². The van der Waals surface area contributed by atoms with Gasteiger partial charge in [0.1, 0.15) is 6.04 Å². The second kappa shape index (κ2) is 5.21. The Labute approximate surface area is 100 Å². The van der Waals surface area contributed by atoms with Crippen LogP contribution in [0.25, 0.3) is 0 Å². The van der Waals surface area contributed by atoms with Crippen LogP contribution in [0.5, 0.6) is 0 Å². The first-order valence-corrected chi connectivity index (χ1v) is 5.55. The average Bonchev–Trinajstić information content (AvgIpc) is 2.15. The number of nitrogens with one attached hydrogen (secondary N) is 1. The molecule has 2 N–H and O–H groups in total. The number of aryl methyl sites for hydroxylation is 1. The maximum atomic E-state index is 11.0. The molecule has 0 amide bonds. The zero-order valence-electron chi connectivity index (χ0n) is 9.62. The van der Waals surface area contributed by atoms with Crippen LogP contribution in [-0.4, -0.2) is 17.1 Å². The molecule has 0 fully saturated rings. The van der Waals surface area contributed by atoms with Gasteiger partial charge in [0, 0.05) is 0 Å². The summed E-state index contributed by atoms with van der Waals surface area (Å²) in [7, 11) is 0. The molecule has 0 heterocycles. The molecule has 4 heteroatoms. The van der Waals surface area contributed by atoms with Crippen molar-refractivity contribution in [2.75, 3.05) is 5.32 Å². The standard InChI is InChI=1S/C12H16ClNO2/c1-7(2)11(12(15)16)14-10-5-4-8(3)6-9(10)13/h4-7,11,14H,1-3H3,(H,15,16). The second-order valence-electron chi connectivity index (χ2n) is 4.19. The molecule has 88 valence electrons. The minimum atomic E-state index is -0.869. The van der Waals surface area contributed by atoms with E-state index >= 15 is 0 Å². The molecule has 0 aromatic heterocycles. The monoisotopic (exact) mass is 241 g/mol. The molecular formula is C12H16ClNO2. The summed E-state index contributed by atoms with van der Waals surface area (Å²) in [6.07, 6.45) is 0. The summed E-state index contributed by atoms with van der Waals surface area (Å²) >= 11 is 6.03. The van der Waals surface area contributed by atoms with Crippen molar-refractivity contribution in [2.24, 2.45) is 5.92 Å². The summed E-state index contributed by atoms with van der Waals surface area (Å²) in [5.41, 5.74) is 1.71. The topological polar surface area (TPSA) is 49.3 Å². The Kier molecular flexibility index (Phi) is 4.19. The number of carbonyl (C=O) groups is 1. The number of carboxylic acid groups (broad SMARTS) is 1. The van der Waals surface area contributed by atoms with Gasteiger partial charge < -0.3 is 10.4 Å². The Morgan fingerprint density at radius 2 is 2.06 bits per heavy atom. The fourth-order valence-corrected chi connectivity index (χ4v) is 1.71. The summed E-state index contributed by atoms with van der Waals surface area (Å²) in [6, 6.07) is 4.88. The molecule has 1 atom stereocenters. The number of halogens is 1. The number of anilines is 1. The van der Waals surface area contributed by atoms with Crippen LogP contribution in [0.3, 0.4) is 0 Å². The van der Waals surface area contributed by atoms with Gasteiger partial charge in [-0.2, -0.15) is 0 Å². The number of rotatable bonds is 4. The number of hydrogen-bond acceptors (Lipinski definition) is 2. The fraction of sp³-hybridized carbons (Fsp3) is 0.417. The minimum Gasteiger partial charge on any atom is -0.480 e. The Morgan fingerprint density at radius 3 is 2.50 bits per heavy atom. The molecular weight excluding hydrogens is 226 g/mol. The summed E-state index contributed by atoms with van der Waals surface area (Å²) in [5, 5.41) is 12.5. The molecule has 1 rings (SSSR count). The third-order valence-corrected chi connectivity index (χ3v) is 2.68. The Bertz CT molecular complexity index is 391. The van der Waals surface area contributed by atoms with Gasteiger partial charge in [-0.3, -0.25) is 0 Å². The van der Waals surface area contributed by atoms with E-state index in [1.54, 1.807) is 6.07 Å². The highest BCUT2D eigenvalue weighted by atomic mass is 35.5. The van der Waals surface area contributed by atoms with E-state index in [1.165, 1.54) is 0 Å². The van der Waals surface area contributed by atoms with Crippen molar-refractivity contribution in [3.8, 4) is 0 Å². The molecule has 0 radical (unpaired) electrons. The van der Waals surface area contributed by atoms with Crippen molar-refractivity contribution >= 4 is 23.3 Å². The summed E-state index contributed by atoms with van der Waals surface area (Å²) in [5.74, 6) is -0.874. The van der Waals surface area contributed by atoms with Gasteiger partial charge in [0.2, 0.25) is 0 Å². The van der Waals surface area contributed by atoms with E-state index in [-0.39, 0.29) is 5.92 Å². The minimum absolute atomic E-state index is 0.00475. The summed E-state index contributed by atoms with van der Waals surface area (Å²) < 4.78 is 0. The summed E-state index contributed by atoms with van der Waals surface area (Å²) in [4.78, 5) is 11.0. The van der Waals surface area contributed by atoms with E-state index in [0.29, 0.717) is 10.7 Å². The Morgan fingerprint density at radius 1 is 1.44 bits per heavy atom. The van der Waals surface area contributed by atoms with E-state index in [1.807, 2.05) is 32.9 Å². The lowest BCUT2D eigenvalue weighted by Gasteiger charge is -2.20. The lowest BCUT2D eigenvalue weighted by atomic mass is 10.0. The molecule has 0 aliphatic heterocycles. The zero-order valence-corrected chi connectivity index (χ0v) is 10.4. The van der Waals surface area contributed by atoms with E-state index in [9.17, 15) is 4.79 Å². The number of benzene rings is 1. The van der Waals surface area contributed by atoms with Crippen LogP contribution in [0, 0.1) is 12.8 Å². The van der Waals surface area contributed by atoms with Crippen LogP contribution in [0.2, 0.25) is 5.02 Å². The average molecular weight is 242 g/mol. The predicted octanol–water partition coefficient (Wildman–Crippen LogP) is 3.17. The van der Waals surface area contributed by atoms with Gasteiger partial charge in [0.15, 0.2) is 0 Å². The third kappa shape index (κ3) is 3.14. The van der Waals surface area contributed by atoms with Gasteiger partial charge in [0.25, 0.3) is 0 Å². The van der Waals surface area contributed by atoms with Crippen molar-refractivity contribution in [1.82, 2.24) is 0 Å². The van der Waals surface area contributed by atoms with Gasteiger partial charge in [-0.25, -0.2) is 4.79 Å². The fourth-order valence-electron chi connectivity index (χ4n) is 1.42. The highest BCUT2D eigenvalue weighted by molar-refractivity contribution is 6.33. The maximum absolute atomic E-state index is 11.0. The van der Waals surface area contributed by atoms with Crippen molar-refractivity contribution < 1.29 is 9.90 Å². The second-order valence-corrected chi connectivity index (χ2v) is 4.59. The lowest BCUT2D eigenvalue weighted by molar-refractivity contribution is -0.138. The van der Waals surface area contributed by atoms with Crippen molar-refractivity contribution in [3.05, 3.63) is 28.8 Å². The molecule has 0 aliphatic rings. The number of hydrogen-bond donors (Lipinski definition) is 2. The van der Waals surface area contributed by atoms with Gasteiger partial charge >= 0.3 is 5.97 Å². The van der Waals surface area contributed by atoms with Crippen LogP contribution in [0.15, 0.2) is 18.2 Å². The highest BCUT2D eigenvalue weighted by Crippen LogP contribution is 2.24. The van der Waals surface area contributed by atoms with Crippen molar-refractivity contribution in [3.63, 3.8) is 0 Å². The first kappa shape index (κ1) is 12.8. The van der Waals surface area contributed by atoms with Gasteiger partial charge in [-0.05, 0) is 30.5 Å². The van der Waals surface area contributed by atoms with Crippen LogP contribution in [0.4, 0.5) is 5.69 Å². The molecule has 1 unspecified atom stereocenters. The highest BCUT2D eigenvalue weighted by Gasteiger charge is 2.21. The normalized spacial score (nSPS) is 12.6. The first-order chi connectivity index (χ1) is 7.41. The van der Waals surface area contributed by atoms with Crippen molar-refractivity contribution in [2.45, 2.75) is 26.8 Å². The van der Waals surface area contributed by atoms with E-state index in [4.69, 9.17) is 16.7 Å². The predicted molar refractivity (Wildman–Crippen MR) is 66.1 cm³/mol. The first-order valence-electron chi connectivity index (χ1n) is 5.17. The molecule has 3 nitrogen and oxygen atoms in total. The number of carboxylic acids is 1. The molecule has 0 saturated carbocycles. The maximum Gasteiger partial charge on any atom is 0.326 e. The van der Waals surface area contributed by atoms with Crippen LogP contribution < -0.4 is 5.32 Å². The Hall–Kier alpha value is -1.22. The van der Waals surface area contributed by atoms with Gasteiger partial charge in [0.05, 0.1) is 10.7 Å². The molecule has 0 saturated heterocycles. The Balaban J connectivity index is 2.90. The largest absolute Gasteiger partial charge is 0.480 e. The molecule has 16 heavy (non-hydrogen) atoms. The quantitative estimate of drug-likeness (QED) is 0.851. The lowest BCUT2D eigenvalue weighted by Crippen LogP contribution is -2.34. The SMILES string of the molecule is Cc1ccc(NC(C(=O)O)C(C)C)c(Cl)c1. The molecule has 0 aliphatic carbocycles.